The second kappa shape index (κ2) is 6.71. The smallest absolute Gasteiger partial charge is 0.240 e. The number of hydrogen-bond acceptors (Lipinski definition) is 3. The highest BCUT2D eigenvalue weighted by Gasteiger charge is 2.08. The summed E-state index contributed by atoms with van der Waals surface area (Å²) in [6.07, 6.45) is 5.68. The summed E-state index contributed by atoms with van der Waals surface area (Å²) in [6, 6.07) is 3.82. The molecule has 0 aliphatic rings. The van der Waals surface area contributed by atoms with Gasteiger partial charge in [0.2, 0.25) is 5.91 Å². The quantitative estimate of drug-likeness (QED) is 0.718. The van der Waals surface area contributed by atoms with Crippen LogP contribution < -0.4 is 11.1 Å². The van der Waals surface area contributed by atoms with Crippen molar-refractivity contribution in [3.8, 4) is 6.07 Å². The van der Waals surface area contributed by atoms with E-state index in [1.807, 2.05) is 24.5 Å². The maximum Gasteiger partial charge on any atom is 0.240 e. The zero-order valence-corrected chi connectivity index (χ0v) is 10.0. The summed E-state index contributed by atoms with van der Waals surface area (Å²) in [5.41, 5.74) is 7.01. The zero-order valence-electron chi connectivity index (χ0n) is 10.0. The first kappa shape index (κ1) is 13.3. The lowest BCUT2D eigenvalue weighted by Crippen LogP contribution is -2.27. The van der Waals surface area contributed by atoms with E-state index in [2.05, 4.69) is 12.2 Å². The largest absolute Gasteiger partial charge is 0.345 e. The third-order valence-corrected chi connectivity index (χ3v) is 2.49. The summed E-state index contributed by atoms with van der Waals surface area (Å²) in [7, 11) is 0. The van der Waals surface area contributed by atoms with E-state index in [1.165, 1.54) is 0 Å². The first-order chi connectivity index (χ1) is 8.17. The lowest BCUT2D eigenvalue weighted by molar-refractivity contribution is -0.121. The molecule has 1 aromatic heterocycles. The Kier molecular flexibility index (Phi) is 5.24. The van der Waals surface area contributed by atoms with E-state index in [4.69, 9.17) is 11.0 Å². The Morgan fingerprint density at radius 3 is 3.12 bits per heavy atom. The predicted molar refractivity (Wildman–Crippen MR) is 64.9 cm³/mol. The normalized spacial score (nSPS) is 11.8. The fraction of sp³-hybridized carbons (Fsp3) is 0.500. The molecule has 0 aliphatic heterocycles. The molecule has 1 rings (SSSR count). The Hall–Kier alpha value is -1.80. The topological polar surface area (TPSA) is 83.8 Å². The van der Waals surface area contributed by atoms with Crippen LogP contribution >= 0.6 is 0 Å². The predicted octanol–water partition coefficient (Wildman–Crippen LogP) is 0.928. The lowest BCUT2D eigenvalue weighted by Gasteiger charge is -2.07. The Morgan fingerprint density at radius 2 is 2.47 bits per heavy atom. The maximum atomic E-state index is 11.4. The molecule has 3 N–H and O–H groups in total. The molecule has 0 saturated carbocycles. The van der Waals surface area contributed by atoms with Gasteiger partial charge in [0.1, 0.15) is 13.1 Å². The molecule has 0 fully saturated rings. The maximum absolute atomic E-state index is 11.4. The summed E-state index contributed by atoms with van der Waals surface area (Å²) in [6.45, 7) is 2.36. The standard InChI is InChI=1S/C12H18N4O/c1-2-3-11(14)10-4-7-16(8-10)9-12(17)15-6-5-13/h4,7-8,11H,2-3,6,9,14H2,1H3,(H,15,17). The average Bonchev–Trinajstić information content (AvgIpc) is 2.75. The van der Waals surface area contributed by atoms with Crippen molar-refractivity contribution in [2.24, 2.45) is 5.73 Å². The highest BCUT2D eigenvalue weighted by Crippen LogP contribution is 2.15. The van der Waals surface area contributed by atoms with Crippen LogP contribution in [0, 0.1) is 11.3 Å². The van der Waals surface area contributed by atoms with Gasteiger partial charge < -0.3 is 15.6 Å². The fourth-order valence-electron chi connectivity index (χ4n) is 1.61. The van der Waals surface area contributed by atoms with Crippen molar-refractivity contribution in [3.05, 3.63) is 24.0 Å². The van der Waals surface area contributed by atoms with Crippen LogP contribution in [0.5, 0.6) is 0 Å². The molecule has 0 aromatic carbocycles. The molecule has 1 amide bonds. The van der Waals surface area contributed by atoms with Gasteiger partial charge in [0.05, 0.1) is 6.07 Å². The minimum absolute atomic E-state index is 0.0309. The summed E-state index contributed by atoms with van der Waals surface area (Å²) < 4.78 is 1.78. The van der Waals surface area contributed by atoms with Crippen molar-refractivity contribution in [2.45, 2.75) is 32.4 Å². The number of hydrogen-bond donors (Lipinski definition) is 2. The number of nitrogens with one attached hydrogen (secondary N) is 1. The van der Waals surface area contributed by atoms with Crippen LogP contribution in [0.4, 0.5) is 0 Å². The molecule has 0 aliphatic carbocycles. The van der Waals surface area contributed by atoms with Gasteiger partial charge in [-0.2, -0.15) is 5.26 Å². The highest BCUT2D eigenvalue weighted by molar-refractivity contribution is 5.75. The zero-order chi connectivity index (χ0) is 12.7. The third kappa shape index (κ3) is 4.29. The van der Waals surface area contributed by atoms with Gasteiger partial charge in [0.25, 0.3) is 0 Å². The number of amides is 1. The molecule has 0 radical (unpaired) electrons. The molecule has 5 heteroatoms. The summed E-state index contributed by atoms with van der Waals surface area (Å²) in [5.74, 6) is -0.169. The second-order valence-corrected chi connectivity index (χ2v) is 3.95. The van der Waals surface area contributed by atoms with Gasteiger partial charge in [0.15, 0.2) is 0 Å². The average molecular weight is 234 g/mol. The minimum atomic E-state index is -0.169. The molecule has 5 nitrogen and oxygen atoms in total. The van der Waals surface area contributed by atoms with Crippen LogP contribution in [0.2, 0.25) is 0 Å². The van der Waals surface area contributed by atoms with E-state index in [1.54, 1.807) is 4.57 Å². The molecule has 1 aromatic rings. The van der Waals surface area contributed by atoms with Gasteiger partial charge >= 0.3 is 0 Å². The molecule has 0 spiro atoms. The van der Waals surface area contributed by atoms with Crippen molar-refractivity contribution < 1.29 is 4.79 Å². The van der Waals surface area contributed by atoms with Crippen molar-refractivity contribution in [1.82, 2.24) is 9.88 Å². The molecule has 0 bridgehead atoms. The van der Waals surface area contributed by atoms with Gasteiger partial charge in [-0.25, -0.2) is 0 Å². The Labute approximate surface area is 101 Å². The van der Waals surface area contributed by atoms with Gasteiger partial charge in [-0.3, -0.25) is 4.79 Å². The Bertz CT molecular complexity index is 405. The molecular weight excluding hydrogens is 216 g/mol. The molecule has 0 saturated heterocycles. The number of carbonyl (C=O) groups is 1. The van der Waals surface area contributed by atoms with E-state index < -0.39 is 0 Å². The van der Waals surface area contributed by atoms with Crippen LogP contribution in [-0.4, -0.2) is 17.0 Å². The SMILES string of the molecule is CCCC(N)c1ccn(CC(=O)NCC#N)c1. The van der Waals surface area contributed by atoms with Crippen LogP contribution in [0.25, 0.3) is 0 Å². The number of nitriles is 1. The number of aromatic nitrogens is 1. The van der Waals surface area contributed by atoms with E-state index in [-0.39, 0.29) is 25.0 Å². The third-order valence-electron chi connectivity index (χ3n) is 2.49. The van der Waals surface area contributed by atoms with E-state index in [0.717, 1.165) is 18.4 Å². The van der Waals surface area contributed by atoms with Crippen LogP contribution in [0.3, 0.4) is 0 Å². The molecule has 1 heterocycles. The summed E-state index contributed by atoms with van der Waals surface area (Å²) in [4.78, 5) is 11.4. The van der Waals surface area contributed by atoms with Gasteiger partial charge in [-0.15, -0.1) is 0 Å². The highest BCUT2D eigenvalue weighted by atomic mass is 16.1. The lowest BCUT2D eigenvalue weighted by atomic mass is 10.1. The Morgan fingerprint density at radius 1 is 1.71 bits per heavy atom. The number of nitrogens with two attached hydrogens (primary N) is 1. The summed E-state index contributed by atoms with van der Waals surface area (Å²) >= 11 is 0. The summed E-state index contributed by atoms with van der Waals surface area (Å²) in [5, 5.41) is 10.8. The van der Waals surface area contributed by atoms with Crippen LogP contribution in [0.1, 0.15) is 31.4 Å². The van der Waals surface area contributed by atoms with Crippen LogP contribution in [-0.2, 0) is 11.3 Å². The minimum Gasteiger partial charge on any atom is -0.345 e. The van der Waals surface area contributed by atoms with Crippen LogP contribution in [0.15, 0.2) is 18.5 Å². The van der Waals surface area contributed by atoms with Gasteiger partial charge in [-0.05, 0) is 18.1 Å². The molecule has 92 valence electrons. The number of carbonyl (C=O) groups excluding carboxylic acids is 1. The van der Waals surface area contributed by atoms with E-state index in [9.17, 15) is 4.79 Å². The van der Waals surface area contributed by atoms with Crippen molar-refractivity contribution in [2.75, 3.05) is 6.54 Å². The molecule has 1 atom stereocenters. The molecule has 17 heavy (non-hydrogen) atoms. The Balaban J connectivity index is 2.51. The van der Waals surface area contributed by atoms with E-state index in [0.29, 0.717) is 0 Å². The van der Waals surface area contributed by atoms with Gasteiger partial charge in [-0.1, -0.05) is 13.3 Å². The van der Waals surface area contributed by atoms with Gasteiger partial charge in [0, 0.05) is 18.4 Å². The van der Waals surface area contributed by atoms with Crippen molar-refractivity contribution >= 4 is 5.91 Å². The number of nitrogens with zero attached hydrogens (tertiary/aromatic N) is 2. The second-order valence-electron chi connectivity index (χ2n) is 3.95. The van der Waals surface area contributed by atoms with E-state index >= 15 is 0 Å². The number of rotatable bonds is 6. The monoisotopic (exact) mass is 234 g/mol. The van der Waals surface area contributed by atoms with Crippen molar-refractivity contribution in [3.63, 3.8) is 0 Å². The van der Waals surface area contributed by atoms with Crippen molar-refractivity contribution in [1.29, 1.82) is 5.26 Å². The molecule has 1 unspecified atom stereocenters. The first-order valence-electron chi connectivity index (χ1n) is 5.72. The first-order valence-corrected chi connectivity index (χ1v) is 5.72. The fourth-order valence-corrected chi connectivity index (χ4v) is 1.61. The molecular formula is C12H18N4O.